The van der Waals surface area contributed by atoms with Crippen LogP contribution in [-0.4, -0.2) is 18.4 Å². The topological polar surface area (TPSA) is 112 Å². The first-order valence-electron chi connectivity index (χ1n) is 2.89. The Morgan fingerprint density at radius 3 is 2.83 bits per heavy atom. The van der Waals surface area contributed by atoms with Crippen LogP contribution < -0.4 is 0 Å². The van der Waals surface area contributed by atoms with Crippen molar-refractivity contribution in [3.63, 3.8) is 0 Å². The predicted octanol–water partition coefficient (Wildman–Crippen LogP) is 0.717. The molecule has 1 aromatic heterocycles. The van der Waals surface area contributed by atoms with E-state index in [9.17, 15) is 8.42 Å². The number of H-pyrrole nitrogens is 1. The molecule has 0 atom stereocenters. The fraction of sp³-hybridized carbons (Fsp3) is 0.250. The van der Waals surface area contributed by atoms with E-state index in [1.54, 1.807) is 6.92 Å². The van der Waals surface area contributed by atoms with Crippen LogP contribution in [0.15, 0.2) is 15.7 Å². The number of hydrogen-bond donors (Lipinski definition) is 1. The van der Waals surface area contributed by atoms with Crippen LogP contribution in [0.3, 0.4) is 0 Å². The molecule has 1 aromatic rings. The van der Waals surface area contributed by atoms with Gasteiger partial charge in [0.05, 0.1) is 6.20 Å². The lowest BCUT2D eigenvalue weighted by Gasteiger charge is -1.87. The van der Waals surface area contributed by atoms with Crippen LogP contribution in [0.2, 0.25) is 0 Å². The van der Waals surface area contributed by atoms with Gasteiger partial charge in [-0.25, -0.2) is 13.4 Å². The fourth-order valence-corrected chi connectivity index (χ4v) is 1.27. The molecule has 0 aromatic carbocycles. The number of aromatic amines is 1. The average molecular weight is 187 g/mol. The van der Waals surface area contributed by atoms with Gasteiger partial charge in [-0.2, -0.15) is 0 Å². The van der Waals surface area contributed by atoms with Crippen LogP contribution in [0.4, 0.5) is 0 Å². The standard InChI is InChI=1S/C4H5N5O2S/c1-3-6-2-4(7-3)12(10,11)9-8-5/h2H,1H3,(H,6,7). The van der Waals surface area contributed by atoms with Gasteiger partial charge in [0.25, 0.3) is 10.0 Å². The molecule has 1 rings (SSSR count). The maximum absolute atomic E-state index is 11.0. The Bertz CT molecular complexity index is 426. The van der Waals surface area contributed by atoms with Gasteiger partial charge >= 0.3 is 0 Å². The van der Waals surface area contributed by atoms with E-state index < -0.39 is 10.0 Å². The summed E-state index contributed by atoms with van der Waals surface area (Å²) in [4.78, 5) is 8.27. The first-order chi connectivity index (χ1) is 5.56. The molecular formula is C4H5N5O2S. The normalized spacial score (nSPS) is 10.8. The van der Waals surface area contributed by atoms with Crippen molar-refractivity contribution in [2.24, 2.45) is 4.52 Å². The van der Waals surface area contributed by atoms with Crippen molar-refractivity contribution in [1.29, 1.82) is 0 Å². The van der Waals surface area contributed by atoms with Crippen LogP contribution in [-0.2, 0) is 10.0 Å². The summed E-state index contributed by atoms with van der Waals surface area (Å²) in [6.07, 6.45) is 1.10. The highest BCUT2D eigenvalue weighted by Gasteiger charge is 2.13. The molecule has 0 bridgehead atoms. The van der Waals surface area contributed by atoms with Crippen LogP contribution in [0, 0.1) is 6.92 Å². The molecule has 0 spiro atoms. The van der Waals surface area contributed by atoms with E-state index in [0.29, 0.717) is 5.82 Å². The minimum absolute atomic E-state index is 0.196. The van der Waals surface area contributed by atoms with E-state index >= 15 is 0 Å². The summed E-state index contributed by atoms with van der Waals surface area (Å²) in [7, 11) is -3.90. The molecular weight excluding hydrogens is 182 g/mol. The molecule has 0 unspecified atom stereocenters. The van der Waals surface area contributed by atoms with E-state index in [2.05, 4.69) is 19.4 Å². The van der Waals surface area contributed by atoms with Crippen molar-refractivity contribution < 1.29 is 8.42 Å². The zero-order chi connectivity index (χ0) is 9.19. The van der Waals surface area contributed by atoms with E-state index in [4.69, 9.17) is 5.53 Å². The number of sulfonamides is 1. The van der Waals surface area contributed by atoms with Crippen molar-refractivity contribution >= 4 is 10.0 Å². The number of nitrogens with one attached hydrogen (secondary N) is 1. The Hall–Kier alpha value is -1.53. The summed E-state index contributed by atoms with van der Waals surface area (Å²) in [5, 5.41) is -0.196. The largest absolute Gasteiger partial charge is 0.333 e. The third-order valence-corrected chi connectivity index (χ3v) is 2.15. The Morgan fingerprint density at radius 1 is 1.75 bits per heavy atom. The Balaban J connectivity index is 3.23. The molecule has 1 heterocycles. The number of aryl methyl sites for hydroxylation is 1. The maximum Gasteiger partial charge on any atom is 0.281 e. The van der Waals surface area contributed by atoms with Crippen LogP contribution >= 0.6 is 0 Å². The Labute approximate surface area is 68.1 Å². The molecule has 64 valence electrons. The number of rotatable bonds is 2. The van der Waals surface area contributed by atoms with Crippen LogP contribution in [0.1, 0.15) is 5.82 Å². The zero-order valence-electron chi connectivity index (χ0n) is 6.09. The van der Waals surface area contributed by atoms with Gasteiger partial charge in [-0.1, -0.05) is 0 Å². The third-order valence-electron chi connectivity index (χ3n) is 1.10. The molecule has 0 saturated carbocycles. The van der Waals surface area contributed by atoms with Crippen LogP contribution in [0.25, 0.3) is 10.4 Å². The molecule has 12 heavy (non-hydrogen) atoms. The molecule has 0 saturated heterocycles. The SMILES string of the molecule is Cc1ncc(S(=O)(=O)N=[N+]=[N-])[nH]1. The monoisotopic (exact) mass is 187 g/mol. The lowest BCUT2D eigenvalue weighted by Crippen LogP contribution is -1.94. The molecule has 8 heteroatoms. The highest BCUT2D eigenvalue weighted by Crippen LogP contribution is 2.08. The lowest BCUT2D eigenvalue weighted by molar-refractivity contribution is 0.594. The summed E-state index contributed by atoms with van der Waals surface area (Å²) in [5.41, 5.74) is 7.91. The molecule has 0 aliphatic carbocycles. The third kappa shape index (κ3) is 1.55. The molecule has 0 aliphatic heterocycles. The number of hydrogen-bond acceptors (Lipinski definition) is 3. The molecule has 0 amide bonds. The van der Waals surface area contributed by atoms with Crippen molar-refractivity contribution in [2.45, 2.75) is 11.9 Å². The molecule has 1 N–H and O–H groups in total. The lowest BCUT2D eigenvalue weighted by atomic mass is 10.8. The van der Waals surface area contributed by atoms with Gasteiger partial charge in [-0.15, -0.1) is 0 Å². The van der Waals surface area contributed by atoms with Crippen molar-refractivity contribution in [2.75, 3.05) is 0 Å². The summed E-state index contributed by atoms with van der Waals surface area (Å²) in [6.45, 7) is 1.59. The van der Waals surface area contributed by atoms with Gasteiger partial charge in [-0.3, -0.25) is 0 Å². The summed E-state index contributed by atoms with van der Waals surface area (Å²) in [6, 6.07) is 0. The van der Waals surface area contributed by atoms with Crippen molar-refractivity contribution in [1.82, 2.24) is 9.97 Å². The smallest absolute Gasteiger partial charge is 0.281 e. The molecule has 7 nitrogen and oxygen atoms in total. The second kappa shape index (κ2) is 2.84. The van der Waals surface area contributed by atoms with E-state index in [0.717, 1.165) is 6.20 Å². The highest BCUT2D eigenvalue weighted by atomic mass is 32.2. The van der Waals surface area contributed by atoms with Gasteiger partial charge < -0.3 is 4.98 Å². The predicted molar refractivity (Wildman–Crippen MR) is 39.7 cm³/mol. The van der Waals surface area contributed by atoms with Crippen LogP contribution in [0.5, 0.6) is 0 Å². The van der Waals surface area contributed by atoms with Gasteiger partial charge in [0.2, 0.25) is 0 Å². The second-order valence-corrected chi connectivity index (χ2v) is 3.53. The van der Waals surface area contributed by atoms with Gasteiger partial charge in [0.15, 0.2) is 5.03 Å². The minimum Gasteiger partial charge on any atom is -0.333 e. The Kier molecular flexibility index (Phi) is 2.03. The maximum atomic E-state index is 11.0. The van der Waals surface area contributed by atoms with Gasteiger partial charge in [-0.05, 0) is 12.5 Å². The average Bonchev–Trinajstić information content (AvgIpc) is 2.36. The second-order valence-electron chi connectivity index (χ2n) is 1.98. The van der Waals surface area contributed by atoms with Crippen molar-refractivity contribution in [3.05, 3.63) is 22.5 Å². The molecule has 0 radical (unpaired) electrons. The number of aromatic nitrogens is 2. The minimum atomic E-state index is -3.90. The number of nitrogens with zero attached hydrogens (tertiary/aromatic N) is 4. The first-order valence-corrected chi connectivity index (χ1v) is 4.33. The molecule has 0 fully saturated rings. The first kappa shape index (κ1) is 8.57. The fourth-order valence-electron chi connectivity index (χ4n) is 0.621. The molecule has 0 aliphatic rings. The summed E-state index contributed by atoms with van der Waals surface area (Å²) in [5.74, 6) is 0.446. The van der Waals surface area contributed by atoms with E-state index in [1.807, 2.05) is 0 Å². The van der Waals surface area contributed by atoms with Gasteiger partial charge in [0.1, 0.15) is 5.82 Å². The highest BCUT2D eigenvalue weighted by molar-refractivity contribution is 7.89. The quantitative estimate of drug-likeness (QED) is 0.418. The van der Waals surface area contributed by atoms with Crippen molar-refractivity contribution in [3.8, 4) is 0 Å². The summed E-state index contributed by atoms with van der Waals surface area (Å²) < 4.78 is 24.5. The van der Waals surface area contributed by atoms with Gasteiger partial charge in [0, 0.05) is 9.43 Å². The number of azide groups is 1. The number of imidazole rings is 1. The van der Waals surface area contributed by atoms with E-state index in [1.165, 1.54) is 0 Å². The summed E-state index contributed by atoms with van der Waals surface area (Å²) >= 11 is 0. The van der Waals surface area contributed by atoms with E-state index in [-0.39, 0.29) is 5.03 Å². The zero-order valence-corrected chi connectivity index (χ0v) is 6.91. The Morgan fingerprint density at radius 2 is 2.42 bits per heavy atom.